The molecule has 7 heteroatoms. The Morgan fingerprint density at radius 2 is 2.17 bits per heavy atom. The first-order valence-corrected chi connectivity index (χ1v) is 7.94. The standard InChI is InChI=1S/C11H13BrN2O3S/c1-2-5-18(16,17)14-7-11(15)13-9-4-3-8(12)6-10(9)14/h3-4,6H,2,5,7H2,1H3,(H,13,15). The van der Waals surface area contributed by atoms with Gasteiger partial charge in [0.25, 0.3) is 0 Å². The molecule has 1 aromatic carbocycles. The molecule has 0 spiro atoms. The highest BCUT2D eigenvalue weighted by molar-refractivity contribution is 9.10. The Bertz CT molecular complexity index is 586. The van der Waals surface area contributed by atoms with Gasteiger partial charge in [-0.05, 0) is 24.6 Å². The van der Waals surface area contributed by atoms with E-state index in [0.717, 1.165) is 4.47 Å². The minimum absolute atomic E-state index is 0.0340. The lowest BCUT2D eigenvalue weighted by atomic mass is 10.2. The highest BCUT2D eigenvalue weighted by Gasteiger charge is 2.30. The summed E-state index contributed by atoms with van der Waals surface area (Å²) in [6, 6.07) is 5.14. The van der Waals surface area contributed by atoms with Crippen LogP contribution in [0.2, 0.25) is 0 Å². The summed E-state index contributed by atoms with van der Waals surface area (Å²) in [5.41, 5.74) is 1.03. The average molecular weight is 333 g/mol. The number of carbonyl (C=O) groups excluding carboxylic acids is 1. The van der Waals surface area contributed by atoms with Gasteiger partial charge in [-0.25, -0.2) is 8.42 Å². The summed E-state index contributed by atoms with van der Waals surface area (Å²) in [4.78, 5) is 11.5. The minimum Gasteiger partial charge on any atom is -0.323 e. The smallest absolute Gasteiger partial charge is 0.245 e. The van der Waals surface area contributed by atoms with Crippen LogP contribution in [0.15, 0.2) is 22.7 Å². The molecule has 0 atom stereocenters. The third-order valence-corrected chi connectivity index (χ3v) is 5.00. The number of rotatable bonds is 3. The van der Waals surface area contributed by atoms with Crippen molar-refractivity contribution >= 4 is 43.2 Å². The van der Waals surface area contributed by atoms with Crippen molar-refractivity contribution in [2.45, 2.75) is 13.3 Å². The fourth-order valence-corrected chi connectivity index (χ4v) is 3.69. The number of fused-ring (bicyclic) bond motifs is 1. The summed E-state index contributed by atoms with van der Waals surface area (Å²) in [7, 11) is -3.44. The predicted molar refractivity (Wildman–Crippen MR) is 74.2 cm³/mol. The molecule has 1 aromatic rings. The monoisotopic (exact) mass is 332 g/mol. The lowest BCUT2D eigenvalue weighted by Gasteiger charge is -2.30. The van der Waals surface area contributed by atoms with Crippen LogP contribution >= 0.6 is 15.9 Å². The number of nitrogens with one attached hydrogen (secondary N) is 1. The van der Waals surface area contributed by atoms with Gasteiger partial charge in [-0.2, -0.15) is 0 Å². The van der Waals surface area contributed by atoms with Gasteiger partial charge in [0.1, 0.15) is 6.54 Å². The van der Waals surface area contributed by atoms with E-state index in [1.165, 1.54) is 4.31 Å². The van der Waals surface area contributed by atoms with Crippen molar-refractivity contribution in [2.75, 3.05) is 21.9 Å². The molecule has 1 amide bonds. The molecule has 1 aliphatic heterocycles. The first-order chi connectivity index (χ1) is 8.44. The van der Waals surface area contributed by atoms with Gasteiger partial charge in [-0.1, -0.05) is 22.9 Å². The minimum atomic E-state index is -3.44. The molecular formula is C11H13BrN2O3S. The van der Waals surface area contributed by atoms with Gasteiger partial charge in [0.15, 0.2) is 0 Å². The second-order valence-corrected chi connectivity index (χ2v) is 6.96. The van der Waals surface area contributed by atoms with Gasteiger partial charge in [-0.3, -0.25) is 9.10 Å². The van der Waals surface area contributed by atoms with E-state index >= 15 is 0 Å². The first kappa shape index (κ1) is 13.4. The van der Waals surface area contributed by atoms with Crippen LogP contribution in [-0.4, -0.2) is 26.6 Å². The zero-order valence-corrected chi connectivity index (χ0v) is 12.2. The molecule has 0 fully saturated rings. The van der Waals surface area contributed by atoms with Gasteiger partial charge in [0, 0.05) is 4.47 Å². The Kier molecular flexibility index (Phi) is 3.63. The first-order valence-electron chi connectivity index (χ1n) is 5.54. The molecule has 0 aliphatic carbocycles. The second-order valence-electron chi connectivity index (χ2n) is 4.03. The third kappa shape index (κ3) is 2.51. The fraction of sp³-hybridized carbons (Fsp3) is 0.364. The van der Waals surface area contributed by atoms with E-state index in [1.807, 2.05) is 0 Å². The average Bonchev–Trinajstić information content (AvgIpc) is 2.28. The summed E-state index contributed by atoms with van der Waals surface area (Å²) >= 11 is 3.30. The van der Waals surface area contributed by atoms with Crippen molar-refractivity contribution in [3.63, 3.8) is 0 Å². The topological polar surface area (TPSA) is 66.5 Å². The molecule has 98 valence electrons. The number of benzene rings is 1. The number of nitrogens with zero attached hydrogens (tertiary/aromatic N) is 1. The van der Waals surface area contributed by atoms with Crippen LogP contribution in [0, 0.1) is 0 Å². The quantitative estimate of drug-likeness (QED) is 0.919. The lowest BCUT2D eigenvalue weighted by molar-refractivity contribution is -0.115. The highest BCUT2D eigenvalue weighted by atomic mass is 79.9. The maximum Gasteiger partial charge on any atom is 0.245 e. The predicted octanol–water partition coefficient (Wildman–Crippen LogP) is 1.95. The van der Waals surface area contributed by atoms with Crippen LogP contribution in [0.4, 0.5) is 11.4 Å². The second kappa shape index (κ2) is 4.89. The summed E-state index contributed by atoms with van der Waals surface area (Å²) in [5, 5.41) is 2.67. The Balaban J connectivity index is 2.51. The Morgan fingerprint density at radius 3 is 2.83 bits per heavy atom. The van der Waals surface area contributed by atoms with E-state index in [9.17, 15) is 13.2 Å². The molecule has 1 heterocycles. The van der Waals surface area contributed by atoms with Gasteiger partial charge in [-0.15, -0.1) is 0 Å². The maximum atomic E-state index is 12.1. The van der Waals surface area contributed by atoms with Crippen LogP contribution in [-0.2, 0) is 14.8 Å². The molecule has 0 unspecified atom stereocenters. The Labute approximate surface area is 114 Å². The van der Waals surface area contributed by atoms with E-state index < -0.39 is 10.0 Å². The molecule has 0 bridgehead atoms. The van der Waals surface area contributed by atoms with Crippen molar-refractivity contribution in [2.24, 2.45) is 0 Å². The van der Waals surface area contributed by atoms with Crippen LogP contribution in [0.5, 0.6) is 0 Å². The van der Waals surface area contributed by atoms with E-state index in [2.05, 4.69) is 21.2 Å². The number of halogens is 1. The third-order valence-electron chi connectivity index (χ3n) is 2.59. The Hall–Kier alpha value is -1.08. The highest BCUT2D eigenvalue weighted by Crippen LogP contribution is 2.34. The molecule has 1 N–H and O–H groups in total. The van der Waals surface area contributed by atoms with E-state index in [1.54, 1.807) is 25.1 Å². The van der Waals surface area contributed by atoms with E-state index in [0.29, 0.717) is 17.8 Å². The molecule has 5 nitrogen and oxygen atoms in total. The van der Waals surface area contributed by atoms with Gasteiger partial charge >= 0.3 is 0 Å². The van der Waals surface area contributed by atoms with Crippen LogP contribution < -0.4 is 9.62 Å². The molecule has 0 aromatic heterocycles. The fourth-order valence-electron chi connectivity index (χ4n) is 1.84. The van der Waals surface area contributed by atoms with E-state index in [-0.39, 0.29) is 18.2 Å². The normalized spacial score (nSPS) is 15.2. The summed E-state index contributed by atoms with van der Waals surface area (Å²) < 4.78 is 26.2. The van der Waals surface area contributed by atoms with E-state index in [4.69, 9.17) is 0 Å². The van der Waals surface area contributed by atoms with Crippen molar-refractivity contribution in [1.29, 1.82) is 0 Å². The van der Waals surface area contributed by atoms with Crippen molar-refractivity contribution in [3.8, 4) is 0 Å². The molecular weight excluding hydrogens is 320 g/mol. The number of hydrogen-bond acceptors (Lipinski definition) is 3. The summed E-state index contributed by atoms with van der Waals surface area (Å²) in [6.07, 6.45) is 0.518. The molecule has 18 heavy (non-hydrogen) atoms. The number of hydrogen-bond donors (Lipinski definition) is 1. The van der Waals surface area contributed by atoms with Gasteiger partial charge < -0.3 is 5.32 Å². The summed E-state index contributed by atoms with van der Waals surface area (Å²) in [5.74, 6) is -0.281. The Morgan fingerprint density at radius 1 is 1.44 bits per heavy atom. The molecule has 1 aliphatic rings. The molecule has 0 radical (unpaired) electrons. The number of sulfonamides is 1. The zero-order chi connectivity index (χ0) is 13.3. The van der Waals surface area contributed by atoms with Gasteiger partial charge in [0.05, 0.1) is 17.1 Å². The van der Waals surface area contributed by atoms with Crippen molar-refractivity contribution < 1.29 is 13.2 Å². The van der Waals surface area contributed by atoms with Crippen LogP contribution in [0.25, 0.3) is 0 Å². The van der Waals surface area contributed by atoms with Crippen LogP contribution in [0.1, 0.15) is 13.3 Å². The maximum absolute atomic E-state index is 12.1. The van der Waals surface area contributed by atoms with Crippen molar-refractivity contribution in [3.05, 3.63) is 22.7 Å². The van der Waals surface area contributed by atoms with Crippen LogP contribution in [0.3, 0.4) is 0 Å². The zero-order valence-electron chi connectivity index (χ0n) is 9.81. The number of amides is 1. The number of carbonyl (C=O) groups is 1. The summed E-state index contributed by atoms with van der Waals surface area (Å²) in [6.45, 7) is 1.63. The lowest BCUT2D eigenvalue weighted by Crippen LogP contribution is -2.43. The molecule has 0 saturated carbocycles. The molecule has 2 rings (SSSR count). The SMILES string of the molecule is CCCS(=O)(=O)N1CC(=O)Nc2ccc(Br)cc21. The number of anilines is 2. The van der Waals surface area contributed by atoms with Crippen molar-refractivity contribution in [1.82, 2.24) is 0 Å². The van der Waals surface area contributed by atoms with Gasteiger partial charge in [0.2, 0.25) is 15.9 Å². The molecule has 0 saturated heterocycles. The largest absolute Gasteiger partial charge is 0.323 e.